The number of fused-ring (bicyclic) bond motifs is 1. The first kappa shape index (κ1) is 22.7. The van der Waals surface area contributed by atoms with Gasteiger partial charge in [0.15, 0.2) is 5.82 Å². The van der Waals surface area contributed by atoms with Gasteiger partial charge in [0.25, 0.3) is 5.91 Å². The van der Waals surface area contributed by atoms with Crippen LogP contribution in [0.25, 0.3) is 11.4 Å². The molecule has 0 radical (unpaired) electrons. The molecule has 1 aliphatic rings. The number of para-hydroxylation sites is 2. The Morgan fingerprint density at radius 3 is 2.66 bits per heavy atom. The van der Waals surface area contributed by atoms with Gasteiger partial charge in [0.2, 0.25) is 5.95 Å². The number of nitrogens with one attached hydrogen (secondary N) is 2. The number of carbonyl (C=O) groups excluding carboxylic acids is 1. The summed E-state index contributed by atoms with van der Waals surface area (Å²) in [4.78, 5) is 19.3. The number of rotatable bonds is 7. The topological polar surface area (TPSA) is 90.3 Å². The van der Waals surface area contributed by atoms with E-state index in [0.29, 0.717) is 41.1 Å². The van der Waals surface area contributed by atoms with Gasteiger partial charge in [-0.05, 0) is 61.7 Å². The Labute approximate surface area is 207 Å². The van der Waals surface area contributed by atoms with Crippen LogP contribution in [0, 0.1) is 0 Å². The fraction of sp³-hybridized carbons (Fsp3) is 0.192. The van der Waals surface area contributed by atoms with Crippen molar-refractivity contribution in [1.82, 2.24) is 14.8 Å². The third-order valence-electron chi connectivity index (χ3n) is 5.69. The van der Waals surface area contributed by atoms with Crippen LogP contribution in [0.4, 0.5) is 11.6 Å². The third kappa shape index (κ3) is 4.38. The molecule has 1 amide bonds. The molecule has 0 saturated heterocycles. The summed E-state index contributed by atoms with van der Waals surface area (Å²) < 4.78 is 12.7. The zero-order valence-corrected chi connectivity index (χ0v) is 20.4. The van der Waals surface area contributed by atoms with Crippen LogP contribution < -0.4 is 20.1 Å². The largest absolute Gasteiger partial charge is 0.495 e. The van der Waals surface area contributed by atoms with Gasteiger partial charge in [-0.15, -0.1) is 16.4 Å². The molecule has 35 heavy (non-hydrogen) atoms. The second-order valence-corrected chi connectivity index (χ2v) is 8.88. The van der Waals surface area contributed by atoms with Crippen LogP contribution in [0.1, 0.15) is 24.8 Å². The lowest BCUT2D eigenvalue weighted by Gasteiger charge is -2.27. The Kier molecular flexibility index (Phi) is 6.24. The minimum atomic E-state index is -0.426. The first-order valence-electron chi connectivity index (χ1n) is 11.2. The van der Waals surface area contributed by atoms with Crippen molar-refractivity contribution in [3.8, 4) is 22.9 Å². The molecule has 2 aromatic heterocycles. The number of ether oxygens (including phenoxy) is 2. The van der Waals surface area contributed by atoms with E-state index in [9.17, 15) is 4.79 Å². The molecule has 2 aromatic carbocycles. The molecule has 2 N–H and O–H groups in total. The van der Waals surface area contributed by atoms with E-state index in [1.807, 2.05) is 79.9 Å². The molecule has 4 aromatic rings. The lowest BCUT2D eigenvalue weighted by Crippen LogP contribution is -2.31. The van der Waals surface area contributed by atoms with Gasteiger partial charge in [0.1, 0.15) is 17.5 Å². The Hall–Kier alpha value is -4.11. The summed E-state index contributed by atoms with van der Waals surface area (Å²) in [5.41, 5.74) is 2.74. The normalized spacial score (nSPS) is 14.8. The van der Waals surface area contributed by atoms with Crippen molar-refractivity contribution in [2.45, 2.75) is 19.9 Å². The van der Waals surface area contributed by atoms with Gasteiger partial charge in [-0.25, -0.2) is 4.68 Å². The zero-order valence-electron chi connectivity index (χ0n) is 19.6. The summed E-state index contributed by atoms with van der Waals surface area (Å²) in [6.45, 7) is 4.44. The maximum Gasteiger partial charge on any atom is 0.256 e. The first-order valence-corrected chi connectivity index (χ1v) is 12.1. The van der Waals surface area contributed by atoms with Crippen molar-refractivity contribution in [1.29, 1.82) is 0 Å². The summed E-state index contributed by atoms with van der Waals surface area (Å²) in [5.74, 6) is 2.30. The molecular weight excluding hydrogens is 462 g/mol. The lowest BCUT2D eigenvalue weighted by molar-refractivity contribution is -0.113. The highest BCUT2D eigenvalue weighted by atomic mass is 32.1. The average Bonchev–Trinajstić information content (AvgIpc) is 3.54. The molecule has 0 spiro atoms. The van der Waals surface area contributed by atoms with E-state index in [4.69, 9.17) is 19.6 Å². The standard InChI is InChI=1S/C26H25N5O3S/c1-4-34-18-13-11-17(12-14-18)24-29-26-27-16(2)22(23(31(26)30-24)21-10-7-15-35-21)25(32)28-19-8-5-6-9-20(19)33-3/h5-15,23H,4H2,1-3H3,(H,28,32)(H,27,29,30). The number of benzene rings is 2. The fourth-order valence-electron chi connectivity index (χ4n) is 4.08. The molecule has 1 unspecified atom stereocenters. The second-order valence-electron chi connectivity index (χ2n) is 7.90. The van der Waals surface area contributed by atoms with Gasteiger partial charge < -0.3 is 20.1 Å². The van der Waals surface area contributed by atoms with Gasteiger partial charge in [-0.3, -0.25) is 4.79 Å². The van der Waals surface area contributed by atoms with Crippen molar-refractivity contribution in [3.05, 3.63) is 82.2 Å². The molecule has 1 aliphatic heterocycles. The molecule has 9 heteroatoms. The molecule has 0 bridgehead atoms. The Balaban J connectivity index is 1.52. The quantitative estimate of drug-likeness (QED) is 0.366. The van der Waals surface area contributed by atoms with Crippen molar-refractivity contribution < 1.29 is 14.3 Å². The number of anilines is 2. The number of thiophene rings is 1. The number of hydrogen-bond acceptors (Lipinski definition) is 7. The SMILES string of the molecule is CCOc1ccc(-c2nc3n(n2)C(c2cccs2)C(C(=O)Nc2ccccc2OC)=C(C)N3)cc1. The van der Waals surface area contributed by atoms with Crippen molar-refractivity contribution in [2.75, 3.05) is 24.4 Å². The maximum absolute atomic E-state index is 13.6. The Morgan fingerprint density at radius 2 is 1.94 bits per heavy atom. The maximum atomic E-state index is 13.6. The summed E-state index contributed by atoms with van der Waals surface area (Å²) in [7, 11) is 1.58. The van der Waals surface area contributed by atoms with Gasteiger partial charge >= 0.3 is 0 Å². The van der Waals surface area contributed by atoms with E-state index in [0.717, 1.165) is 16.2 Å². The van der Waals surface area contributed by atoms with E-state index < -0.39 is 6.04 Å². The third-order valence-corrected chi connectivity index (χ3v) is 6.61. The van der Waals surface area contributed by atoms with Gasteiger partial charge in [0.05, 0.1) is 25.0 Å². The predicted octanol–water partition coefficient (Wildman–Crippen LogP) is 5.34. The van der Waals surface area contributed by atoms with Crippen LogP contribution in [0.5, 0.6) is 11.5 Å². The Morgan fingerprint density at radius 1 is 1.14 bits per heavy atom. The highest BCUT2D eigenvalue weighted by Crippen LogP contribution is 2.39. The zero-order chi connectivity index (χ0) is 24.4. The summed E-state index contributed by atoms with van der Waals surface area (Å²) in [5, 5.41) is 13.1. The van der Waals surface area contributed by atoms with Crippen molar-refractivity contribution in [3.63, 3.8) is 0 Å². The number of aromatic nitrogens is 3. The molecule has 178 valence electrons. The fourth-order valence-corrected chi connectivity index (χ4v) is 4.90. The van der Waals surface area contributed by atoms with Crippen molar-refractivity contribution in [2.24, 2.45) is 0 Å². The molecule has 0 saturated carbocycles. The minimum absolute atomic E-state index is 0.235. The molecule has 8 nitrogen and oxygen atoms in total. The van der Waals surface area contributed by atoms with Crippen LogP contribution in [-0.2, 0) is 4.79 Å². The molecule has 0 aliphatic carbocycles. The monoisotopic (exact) mass is 487 g/mol. The van der Waals surface area contributed by atoms with Crippen LogP contribution in [0.15, 0.2) is 77.3 Å². The number of amides is 1. The van der Waals surface area contributed by atoms with E-state index in [-0.39, 0.29) is 5.91 Å². The number of methoxy groups -OCH3 is 1. The second kappa shape index (κ2) is 9.63. The van der Waals surface area contributed by atoms with Gasteiger partial charge in [-0.1, -0.05) is 18.2 Å². The number of nitrogens with zero attached hydrogens (tertiary/aromatic N) is 3. The van der Waals surface area contributed by atoms with Crippen LogP contribution >= 0.6 is 11.3 Å². The highest BCUT2D eigenvalue weighted by molar-refractivity contribution is 7.10. The van der Waals surface area contributed by atoms with E-state index in [1.54, 1.807) is 23.1 Å². The van der Waals surface area contributed by atoms with E-state index in [2.05, 4.69) is 10.6 Å². The average molecular weight is 488 g/mol. The molecule has 3 heterocycles. The molecule has 1 atom stereocenters. The molecule has 5 rings (SSSR count). The predicted molar refractivity (Wildman–Crippen MR) is 137 cm³/mol. The first-order chi connectivity index (χ1) is 17.1. The van der Waals surface area contributed by atoms with Crippen LogP contribution in [-0.4, -0.2) is 34.4 Å². The highest BCUT2D eigenvalue weighted by Gasteiger charge is 2.35. The van der Waals surface area contributed by atoms with E-state index in [1.165, 1.54) is 0 Å². The molecular formula is C26H25N5O3S. The minimum Gasteiger partial charge on any atom is -0.495 e. The van der Waals surface area contributed by atoms with E-state index >= 15 is 0 Å². The number of allylic oxidation sites excluding steroid dienone is 1. The van der Waals surface area contributed by atoms with Gasteiger partial charge in [-0.2, -0.15) is 4.98 Å². The van der Waals surface area contributed by atoms with Crippen LogP contribution in [0.2, 0.25) is 0 Å². The Bertz CT molecular complexity index is 1380. The van der Waals surface area contributed by atoms with Crippen LogP contribution in [0.3, 0.4) is 0 Å². The summed E-state index contributed by atoms with van der Waals surface area (Å²) in [6, 6.07) is 18.6. The lowest BCUT2D eigenvalue weighted by atomic mass is 10.0. The summed E-state index contributed by atoms with van der Waals surface area (Å²) >= 11 is 1.57. The number of hydrogen-bond donors (Lipinski definition) is 2. The number of carbonyl (C=O) groups is 1. The summed E-state index contributed by atoms with van der Waals surface area (Å²) in [6.07, 6.45) is 0. The van der Waals surface area contributed by atoms with Crippen molar-refractivity contribution >= 4 is 28.9 Å². The molecule has 0 fully saturated rings. The smallest absolute Gasteiger partial charge is 0.256 e. The van der Waals surface area contributed by atoms with Gasteiger partial charge in [0, 0.05) is 16.1 Å².